The van der Waals surface area contributed by atoms with Crippen LogP contribution >= 0.6 is 0 Å². The van der Waals surface area contributed by atoms with Gasteiger partial charge in [0.25, 0.3) is 0 Å². The van der Waals surface area contributed by atoms with E-state index in [-0.39, 0.29) is 25.8 Å². The Morgan fingerprint density at radius 1 is 1.19 bits per heavy atom. The van der Waals surface area contributed by atoms with Crippen molar-refractivity contribution in [3.63, 3.8) is 0 Å². The minimum Gasteiger partial charge on any atom is -0.481 e. The van der Waals surface area contributed by atoms with E-state index in [9.17, 15) is 26.4 Å². The third-order valence-corrected chi connectivity index (χ3v) is 4.11. The third kappa shape index (κ3) is 5.35. The maximum Gasteiger partial charge on any atom is 0.417 e. The van der Waals surface area contributed by atoms with Crippen LogP contribution in [0.4, 0.5) is 13.2 Å². The molecule has 0 radical (unpaired) electrons. The number of carboxylic acid groups (broad SMARTS) is 1. The van der Waals surface area contributed by atoms with Gasteiger partial charge in [-0.2, -0.15) is 13.2 Å². The fourth-order valence-electron chi connectivity index (χ4n) is 1.62. The second kappa shape index (κ2) is 6.90. The van der Waals surface area contributed by atoms with Gasteiger partial charge in [0.05, 0.1) is 10.5 Å². The smallest absolute Gasteiger partial charge is 0.417 e. The van der Waals surface area contributed by atoms with Crippen molar-refractivity contribution in [3.05, 3.63) is 29.8 Å². The van der Waals surface area contributed by atoms with E-state index in [4.69, 9.17) is 5.11 Å². The van der Waals surface area contributed by atoms with Crippen LogP contribution in [0.15, 0.2) is 29.2 Å². The van der Waals surface area contributed by atoms with E-state index in [1.807, 2.05) is 4.72 Å². The predicted molar refractivity (Wildman–Crippen MR) is 68.1 cm³/mol. The Bertz CT molecular complexity index is 599. The van der Waals surface area contributed by atoms with E-state index in [0.717, 1.165) is 12.1 Å². The number of aliphatic carboxylic acids is 1. The number of hydrogen-bond donors (Lipinski definition) is 2. The monoisotopic (exact) mass is 325 g/mol. The summed E-state index contributed by atoms with van der Waals surface area (Å²) in [5.41, 5.74) is -1.23. The molecule has 0 aromatic heterocycles. The van der Waals surface area contributed by atoms with Crippen LogP contribution in [0.3, 0.4) is 0 Å². The van der Waals surface area contributed by atoms with Gasteiger partial charge in [0.1, 0.15) is 0 Å². The molecule has 0 aliphatic carbocycles. The Hall–Kier alpha value is -1.61. The van der Waals surface area contributed by atoms with Crippen molar-refractivity contribution in [1.29, 1.82) is 0 Å². The molecule has 2 N–H and O–H groups in total. The van der Waals surface area contributed by atoms with Gasteiger partial charge in [-0.3, -0.25) is 4.79 Å². The van der Waals surface area contributed by atoms with Gasteiger partial charge >= 0.3 is 12.1 Å². The highest BCUT2D eigenvalue weighted by Gasteiger charge is 2.36. The average molecular weight is 325 g/mol. The van der Waals surface area contributed by atoms with Crippen molar-refractivity contribution in [3.8, 4) is 0 Å². The number of alkyl halides is 3. The van der Waals surface area contributed by atoms with Crippen LogP contribution < -0.4 is 4.72 Å². The largest absolute Gasteiger partial charge is 0.481 e. The van der Waals surface area contributed by atoms with Gasteiger partial charge in [-0.05, 0) is 25.0 Å². The summed E-state index contributed by atoms with van der Waals surface area (Å²) in [6.45, 7) is -0.123. The first-order valence-electron chi connectivity index (χ1n) is 6.02. The van der Waals surface area contributed by atoms with Gasteiger partial charge in [0.15, 0.2) is 0 Å². The number of rotatable bonds is 7. The molecule has 1 aromatic carbocycles. The molecule has 1 rings (SSSR count). The van der Waals surface area contributed by atoms with Crippen molar-refractivity contribution in [1.82, 2.24) is 4.72 Å². The Balaban J connectivity index is 2.78. The second-order valence-electron chi connectivity index (χ2n) is 4.24. The lowest BCUT2D eigenvalue weighted by atomic mass is 10.2. The molecule has 9 heteroatoms. The summed E-state index contributed by atoms with van der Waals surface area (Å²) in [4.78, 5) is 9.43. The van der Waals surface area contributed by atoms with E-state index in [0.29, 0.717) is 6.07 Å². The van der Waals surface area contributed by atoms with Crippen LogP contribution in [0.25, 0.3) is 0 Å². The van der Waals surface area contributed by atoms with E-state index < -0.39 is 32.6 Å². The maximum absolute atomic E-state index is 12.8. The van der Waals surface area contributed by atoms with E-state index in [2.05, 4.69) is 0 Å². The van der Waals surface area contributed by atoms with Gasteiger partial charge in [-0.1, -0.05) is 12.1 Å². The molecule has 0 saturated carbocycles. The summed E-state index contributed by atoms with van der Waals surface area (Å²) in [5.74, 6) is -1.01. The minimum atomic E-state index is -4.77. The van der Waals surface area contributed by atoms with E-state index >= 15 is 0 Å². The SMILES string of the molecule is O=C(O)CCCCNS(=O)(=O)c1ccccc1C(F)(F)F. The van der Waals surface area contributed by atoms with Crippen LogP contribution in [0, 0.1) is 0 Å². The Labute approximate surface area is 119 Å². The molecule has 0 amide bonds. The zero-order valence-corrected chi connectivity index (χ0v) is 11.7. The number of carbonyl (C=O) groups is 1. The van der Waals surface area contributed by atoms with Gasteiger partial charge in [0.2, 0.25) is 10.0 Å². The fourth-order valence-corrected chi connectivity index (χ4v) is 2.92. The topological polar surface area (TPSA) is 83.5 Å². The first-order valence-corrected chi connectivity index (χ1v) is 7.50. The summed E-state index contributed by atoms with van der Waals surface area (Å²) < 4.78 is 64.0. The van der Waals surface area contributed by atoms with Crippen LogP contribution in [-0.4, -0.2) is 26.0 Å². The molecule has 0 atom stereocenters. The highest BCUT2D eigenvalue weighted by Crippen LogP contribution is 2.33. The average Bonchev–Trinajstić information content (AvgIpc) is 2.37. The fraction of sp³-hybridized carbons (Fsp3) is 0.417. The number of sulfonamides is 1. The molecule has 1 aromatic rings. The van der Waals surface area contributed by atoms with Crippen molar-refractivity contribution < 1.29 is 31.5 Å². The Kier molecular flexibility index (Phi) is 5.73. The predicted octanol–water partition coefficient (Wildman–Crippen LogP) is 2.24. The number of nitrogens with one attached hydrogen (secondary N) is 1. The lowest BCUT2D eigenvalue weighted by molar-refractivity contribution is -0.140. The maximum atomic E-state index is 12.8. The standard InChI is InChI=1S/C12H14F3NO4S/c13-12(14,15)9-5-1-2-6-10(9)21(19,20)16-8-4-3-7-11(17)18/h1-2,5-6,16H,3-4,7-8H2,(H,17,18). The van der Waals surface area contributed by atoms with Crippen LogP contribution in [0.5, 0.6) is 0 Å². The molecular weight excluding hydrogens is 311 g/mol. The van der Waals surface area contributed by atoms with Crippen molar-refractivity contribution >= 4 is 16.0 Å². The molecule has 0 aliphatic rings. The summed E-state index contributed by atoms with van der Waals surface area (Å²) in [7, 11) is -4.29. The van der Waals surface area contributed by atoms with Crippen LogP contribution in [0.1, 0.15) is 24.8 Å². The van der Waals surface area contributed by atoms with Crippen molar-refractivity contribution in [2.75, 3.05) is 6.54 Å². The van der Waals surface area contributed by atoms with Crippen molar-refractivity contribution in [2.24, 2.45) is 0 Å². The van der Waals surface area contributed by atoms with E-state index in [1.54, 1.807) is 0 Å². The Morgan fingerprint density at radius 3 is 2.38 bits per heavy atom. The molecule has 21 heavy (non-hydrogen) atoms. The number of hydrogen-bond acceptors (Lipinski definition) is 3. The molecule has 0 heterocycles. The van der Waals surface area contributed by atoms with Gasteiger partial charge in [-0.15, -0.1) is 0 Å². The molecule has 0 fully saturated rings. The zero-order valence-electron chi connectivity index (χ0n) is 10.9. The second-order valence-corrected chi connectivity index (χ2v) is 5.98. The lowest BCUT2D eigenvalue weighted by Gasteiger charge is -2.13. The van der Waals surface area contributed by atoms with Gasteiger partial charge in [0, 0.05) is 13.0 Å². The highest BCUT2D eigenvalue weighted by atomic mass is 32.2. The molecular formula is C12H14F3NO4S. The number of benzene rings is 1. The third-order valence-electron chi connectivity index (χ3n) is 2.59. The summed E-state index contributed by atoms with van der Waals surface area (Å²) in [6, 6.07) is 3.88. The molecule has 118 valence electrons. The van der Waals surface area contributed by atoms with Crippen molar-refractivity contribution in [2.45, 2.75) is 30.3 Å². The highest BCUT2D eigenvalue weighted by molar-refractivity contribution is 7.89. The number of halogens is 3. The van der Waals surface area contributed by atoms with Gasteiger partial charge < -0.3 is 5.11 Å². The lowest BCUT2D eigenvalue weighted by Crippen LogP contribution is -2.27. The number of carboxylic acids is 1. The van der Waals surface area contributed by atoms with E-state index in [1.165, 1.54) is 6.07 Å². The summed E-state index contributed by atoms with van der Waals surface area (Å²) in [6.07, 6.45) is -4.44. The molecule has 0 aliphatic heterocycles. The Morgan fingerprint density at radius 2 is 1.81 bits per heavy atom. The normalized spacial score (nSPS) is 12.3. The zero-order chi connectivity index (χ0) is 16.1. The number of unbranched alkanes of at least 4 members (excludes halogenated alkanes) is 1. The minimum absolute atomic E-state index is 0.123. The van der Waals surface area contributed by atoms with Crippen LogP contribution in [0.2, 0.25) is 0 Å². The summed E-state index contributed by atoms with van der Waals surface area (Å²) in [5, 5.41) is 8.41. The quantitative estimate of drug-likeness (QED) is 0.753. The molecule has 5 nitrogen and oxygen atoms in total. The molecule has 0 bridgehead atoms. The van der Waals surface area contributed by atoms with Crippen LogP contribution in [-0.2, 0) is 21.0 Å². The van der Waals surface area contributed by atoms with Gasteiger partial charge in [-0.25, -0.2) is 13.1 Å². The first-order chi connectivity index (χ1) is 9.64. The molecule has 0 saturated heterocycles. The molecule has 0 unspecified atom stereocenters. The first kappa shape index (κ1) is 17.4. The molecule has 0 spiro atoms. The summed E-state index contributed by atoms with van der Waals surface area (Å²) >= 11 is 0.